The van der Waals surface area contributed by atoms with Gasteiger partial charge >= 0.3 is 5.97 Å². The van der Waals surface area contributed by atoms with Crippen LogP contribution in [0, 0.1) is 0 Å². The molecule has 0 aliphatic rings. The lowest BCUT2D eigenvalue weighted by Crippen LogP contribution is -2.30. The summed E-state index contributed by atoms with van der Waals surface area (Å²) in [7, 11) is 1.64. The van der Waals surface area contributed by atoms with E-state index in [1.165, 1.54) is 15.5 Å². The molecule has 0 saturated heterocycles. The van der Waals surface area contributed by atoms with E-state index in [1.807, 2.05) is 0 Å². The Morgan fingerprint density at radius 2 is 2.05 bits per heavy atom. The number of carboxylic acids is 1. The number of nitrogens with zero attached hydrogens (tertiary/aromatic N) is 2. The van der Waals surface area contributed by atoms with E-state index in [9.17, 15) is 14.4 Å². The molecular weight excluding hydrogens is 248 g/mol. The predicted molar refractivity (Wildman–Crippen MR) is 69.8 cm³/mol. The molecular formula is C13H18N2O4. The van der Waals surface area contributed by atoms with Gasteiger partial charge in [-0.15, -0.1) is 0 Å². The zero-order valence-electron chi connectivity index (χ0n) is 10.9. The zero-order chi connectivity index (χ0) is 14.3. The number of aromatic nitrogens is 1. The smallest absolute Gasteiger partial charge is 0.303 e. The van der Waals surface area contributed by atoms with Gasteiger partial charge in [0, 0.05) is 45.2 Å². The number of carbonyl (C=O) groups excluding carboxylic acids is 1. The fourth-order valence-electron chi connectivity index (χ4n) is 1.64. The molecule has 0 unspecified atom stereocenters. The molecule has 104 valence electrons. The second kappa shape index (κ2) is 7.35. The van der Waals surface area contributed by atoms with Crippen LogP contribution in [0.1, 0.15) is 19.3 Å². The van der Waals surface area contributed by atoms with Crippen molar-refractivity contribution in [1.82, 2.24) is 9.47 Å². The van der Waals surface area contributed by atoms with Crippen molar-refractivity contribution >= 4 is 11.9 Å². The van der Waals surface area contributed by atoms with Crippen LogP contribution in [0.2, 0.25) is 0 Å². The van der Waals surface area contributed by atoms with Crippen LogP contribution in [-0.2, 0) is 16.1 Å². The fraction of sp³-hybridized carbons (Fsp3) is 0.462. The second-order valence-corrected chi connectivity index (χ2v) is 4.29. The number of rotatable bonds is 7. The SMILES string of the molecule is CN(CCCC(=O)O)C(=O)CCn1ccccc1=O. The van der Waals surface area contributed by atoms with Crippen LogP contribution in [0.4, 0.5) is 0 Å². The minimum atomic E-state index is -0.864. The molecule has 19 heavy (non-hydrogen) atoms. The summed E-state index contributed by atoms with van der Waals surface area (Å²) in [6.45, 7) is 0.747. The number of pyridine rings is 1. The van der Waals surface area contributed by atoms with E-state index < -0.39 is 5.97 Å². The van der Waals surface area contributed by atoms with Crippen LogP contribution in [0.5, 0.6) is 0 Å². The van der Waals surface area contributed by atoms with Crippen LogP contribution in [0.15, 0.2) is 29.2 Å². The molecule has 6 heteroatoms. The highest BCUT2D eigenvalue weighted by Crippen LogP contribution is 1.98. The van der Waals surface area contributed by atoms with Crippen LogP contribution in [0.25, 0.3) is 0 Å². The van der Waals surface area contributed by atoms with Crippen molar-refractivity contribution in [2.45, 2.75) is 25.8 Å². The quantitative estimate of drug-likeness (QED) is 0.782. The van der Waals surface area contributed by atoms with Crippen molar-refractivity contribution in [3.05, 3.63) is 34.7 Å². The van der Waals surface area contributed by atoms with E-state index in [2.05, 4.69) is 0 Å². The lowest BCUT2D eigenvalue weighted by molar-refractivity contribution is -0.138. The number of hydrogen-bond donors (Lipinski definition) is 1. The maximum Gasteiger partial charge on any atom is 0.303 e. The fourth-order valence-corrected chi connectivity index (χ4v) is 1.64. The third-order valence-corrected chi connectivity index (χ3v) is 2.78. The average Bonchev–Trinajstić information content (AvgIpc) is 2.36. The first-order valence-corrected chi connectivity index (χ1v) is 6.12. The predicted octanol–water partition coefficient (Wildman–Crippen LogP) is 0.562. The Bertz CT molecular complexity index is 495. The van der Waals surface area contributed by atoms with E-state index in [0.29, 0.717) is 19.5 Å². The number of aryl methyl sites for hydroxylation is 1. The van der Waals surface area contributed by atoms with Crippen molar-refractivity contribution in [2.24, 2.45) is 0 Å². The number of carbonyl (C=O) groups is 2. The molecule has 1 aromatic heterocycles. The van der Waals surface area contributed by atoms with E-state index in [4.69, 9.17) is 5.11 Å². The Kier molecular flexibility index (Phi) is 5.78. The van der Waals surface area contributed by atoms with Crippen molar-refractivity contribution in [2.75, 3.05) is 13.6 Å². The lowest BCUT2D eigenvalue weighted by atomic mass is 10.3. The summed E-state index contributed by atoms with van der Waals surface area (Å²) in [4.78, 5) is 35.0. The van der Waals surface area contributed by atoms with E-state index in [0.717, 1.165) is 0 Å². The van der Waals surface area contributed by atoms with Crippen molar-refractivity contribution in [3.63, 3.8) is 0 Å². The number of hydrogen-bond acceptors (Lipinski definition) is 3. The first-order chi connectivity index (χ1) is 9.00. The van der Waals surface area contributed by atoms with Crippen LogP contribution in [0.3, 0.4) is 0 Å². The molecule has 1 heterocycles. The maximum absolute atomic E-state index is 11.8. The topological polar surface area (TPSA) is 79.6 Å². The summed E-state index contributed by atoms with van der Waals surface area (Å²) in [5, 5.41) is 8.51. The molecule has 1 rings (SSSR count). The summed E-state index contributed by atoms with van der Waals surface area (Å²) in [6, 6.07) is 4.84. The average molecular weight is 266 g/mol. The molecule has 0 saturated carbocycles. The Morgan fingerprint density at radius 1 is 1.32 bits per heavy atom. The molecule has 1 aromatic rings. The Morgan fingerprint density at radius 3 is 2.68 bits per heavy atom. The standard InChI is InChI=1S/C13H18N2O4/c1-14(8-4-6-13(18)19)11(16)7-10-15-9-3-2-5-12(15)17/h2-3,5,9H,4,6-8,10H2,1H3,(H,18,19). The van der Waals surface area contributed by atoms with Gasteiger partial charge in [0.05, 0.1) is 0 Å². The lowest BCUT2D eigenvalue weighted by Gasteiger charge is -2.16. The van der Waals surface area contributed by atoms with Gasteiger partial charge in [-0.05, 0) is 12.5 Å². The van der Waals surface area contributed by atoms with Crippen molar-refractivity contribution < 1.29 is 14.7 Å². The Balaban J connectivity index is 2.36. The van der Waals surface area contributed by atoms with Crippen molar-refractivity contribution in [3.8, 4) is 0 Å². The highest BCUT2D eigenvalue weighted by atomic mass is 16.4. The third kappa shape index (κ3) is 5.37. The molecule has 0 aliphatic carbocycles. The highest BCUT2D eigenvalue weighted by Gasteiger charge is 2.09. The molecule has 0 aromatic carbocycles. The van der Waals surface area contributed by atoms with Gasteiger partial charge in [0.2, 0.25) is 5.91 Å². The normalized spacial score (nSPS) is 10.2. The Hall–Kier alpha value is -2.11. The molecule has 0 spiro atoms. The van der Waals surface area contributed by atoms with Gasteiger partial charge in [-0.25, -0.2) is 0 Å². The van der Waals surface area contributed by atoms with Gasteiger partial charge in [0.25, 0.3) is 5.56 Å². The molecule has 6 nitrogen and oxygen atoms in total. The van der Waals surface area contributed by atoms with E-state index in [-0.39, 0.29) is 24.3 Å². The van der Waals surface area contributed by atoms with Gasteiger partial charge in [-0.1, -0.05) is 6.07 Å². The minimum Gasteiger partial charge on any atom is -0.481 e. The van der Waals surface area contributed by atoms with E-state index in [1.54, 1.807) is 25.4 Å². The van der Waals surface area contributed by atoms with Gasteiger partial charge in [-0.2, -0.15) is 0 Å². The van der Waals surface area contributed by atoms with Crippen molar-refractivity contribution in [1.29, 1.82) is 0 Å². The number of amides is 1. The second-order valence-electron chi connectivity index (χ2n) is 4.29. The molecule has 0 fully saturated rings. The number of carboxylic acid groups (broad SMARTS) is 1. The minimum absolute atomic E-state index is 0.0514. The van der Waals surface area contributed by atoms with Gasteiger partial charge in [-0.3, -0.25) is 14.4 Å². The summed E-state index contributed by atoms with van der Waals surface area (Å²) >= 11 is 0. The summed E-state index contributed by atoms with van der Waals surface area (Å²) in [5.41, 5.74) is -0.135. The highest BCUT2D eigenvalue weighted by molar-refractivity contribution is 5.75. The monoisotopic (exact) mass is 266 g/mol. The molecule has 0 atom stereocenters. The van der Waals surface area contributed by atoms with E-state index >= 15 is 0 Å². The largest absolute Gasteiger partial charge is 0.481 e. The molecule has 1 amide bonds. The third-order valence-electron chi connectivity index (χ3n) is 2.78. The molecule has 0 aliphatic heterocycles. The maximum atomic E-state index is 11.8. The summed E-state index contributed by atoms with van der Waals surface area (Å²) < 4.78 is 1.48. The number of aliphatic carboxylic acids is 1. The van der Waals surface area contributed by atoms with Gasteiger partial charge in [0.15, 0.2) is 0 Å². The van der Waals surface area contributed by atoms with Crippen LogP contribution < -0.4 is 5.56 Å². The first-order valence-electron chi connectivity index (χ1n) is 6.12. The molecule has 0 bridgehead atoms. The molecule has 0 radical (unpaired) electrons. The summed E-state index contributed by atoms with van der Waals surface area (Å²) in [6.07, 6.45) is 2.35. The van der Waals surface area contributed by atoms with Gasteiger partial charge in [0.1, 0.15) is 0 Å². The first kappa shape index (κ1) is 14.9. The summed E-state index contributed by atoms with van der Waals surface area (Å²) in [5.74, 6) is -0.960. The van der Waals surface area contributed by atoms with Crippen LogP contribution in [-0.4, -0.2) is 40.0 Å². The van der Waals surface area contributed by atoms with Crippen LogP contribution >= 0.6 is 0 Å². The Labute approximate surface area is 111 Å². The molecule has 1 N–H and O–H groups in total. The van der Waals surface area contributed by atoms with Gasteiger partial charge < -0.3 is 14.6 Å². The zero-order valence-corrected chi connectivity index (χ0v) is 10.9.